The molecule has 2 N–H and O–H groups in total. The zero-order chi connectivity index (χ0) is 26.3. The monoisotopic (exact) mass is 494 g/mol. The predicted octanol–water partition coefficient (Wildman–Crippen LogP) is 4.02. The largest absolute Gasteiger partial charge is 0.444 e. The van der Waals surface area contributed by atoms with Crippen LogP contribution in [-0.4, -0.2) is 52.0 Å². The Morgan fingerprint density at radius 1 is 1.06 bits per heavy atom. The van der Waals surface area contributed by atoms with E-state index in [-0.39, 0.29) is 23.8 Å². The number of nitrogens with one attached hydrogen (secondary N) is 2. The van der Waals surface area contributed by atoms with E-state index in [2.05, 4.69) is 15.6 Å². The van der Waals surface area contributed by atoms with Crippen LogP contribution in [0.4, 0.5) is 4.79 Å². The lowest BCUT2D eigenvalue weighted by molar-refractivity contribution is -0.141. The van der Waals surface area contributed by atoms with Gasteiger partial charge in [0.25, 0.3) is 0 Å². The number of benzene rings is 1. The number of nitrogens with zero attached hydrogens (tertiary/aromatic N) is 2. The summed E-state index contributed by atoms with van der Waals surface area (Å²) in [5, 5.41) is 5.88. The summed E-state index contributed by atoms with van der Waals surface area (Å²) in [6.07, 6.45) is 2.91. The standard InChI is InChI=1S/C28H38N4O4/c1-19(2)24(31-27(35)36-28(3,4)5)26(34)32-17-11-15-23(32)25(33)30-22(20-12-7-6-8-13-20)18-21-14-9-10-16-29-21/h6-10,12-14,16,19,22-24H,11,15,17-18H2,1-5H3,(H,30,33)(H,31,35). The molecular weight excluding hydrogens is 456 g/mol. The van der Waals surface area contributed by atoms with Crippen LogP contribution in [0.5, 0.6) is 0 Å². The normalized spacial score (nSPS) is 17.4. The Balaban J connectivity index is 1.74. The third-order valence-corrected chi connectivity index (χ3v) is 6.10. The maximum absolute atomic E-state index is 13.5. The molecule has 1 aromatic heterocycles. The van der Waals surface area contributed by atoms with Crippen molar-refractivity contribution in [2.75, 3.05) is 6.54 Å². The number of ether oxygens (including phenoxy) is 1. The van der Waals surface area contributed by atoms with Crippen molar-refractivity contribution < 1.29 is 19.1 Å². The van der Waals surface area contributed by atoms with Gasteiger partial charge in [-0.1, -0.05) is 50.2 Å². The van der Waals surface area contributed by atoms with E-state index in [4.69, 9.17) is 4.74 Å². The number of pyridine rings is 1. The van der Waals surface area contributed by atoms with E-state index in [0.29, 0.717) is 19.4 Å². The molecular formula is C28H38N4O4. The van der Waals surface area contributed by atoms with Gasteiger partial charge in [-0.3, -0.25) is 14.6 Å². The maximum Gasteiger partial charge on any atom is 0.408 e. The third-order valence-electron chi connectivity index (χ3n) is 6.10. The highest BCUT2D eigenvalue weighted by Gasteiger charge is 2.39. The molecule has 0 radical (unpaired) electrons. The fourth-order valence-corrected chi connectivity index (χ4v) is 4.36. The average molecular weight is 495 g/mol. The molecule has 36 heavy (non-hydrogen) atoms. The van der Waals surface area contributed by atoms with E-state index in [0.717, 1.165) is 17.7 Å². The number of aromatic nitrogens is 1. The lowest BCUT2D eigenvalue weighted by Gasteiger charge is -2.32. The summed E-state index contributed by atoms with van der Waals surface area (Å²) in [4.78, 5) is 45.4. The highest BCUT2D eigenvalue weighted by atomic mass is 16.6. The Morgan fingerprint density at radius 2 is 1.75 bits per heavy atom. The molecule has 2 heterocycles. The second-order valence-electron chi connectivity index (χ2n) is 10.6. The second kappa shape index (κ2) is 12.0. The number of rotatable bonds is 8. The van der Waals surface area contributed by atoms with Gasteiger partial charge in [0.15, 0.2) is 0 Å². The van der Waals surface area contributed by atoms with Gasteiger partial charge in [0.05, 0.1) is 6.04 Å². The summed E-state index contributed by atoms with van der Waals surface area (Å²) >= 11 is 0. The lowest BCUT2D eigenvalue weighted by atomic mass is 10.00. The Hall–Kier alpha value is -3.42. The van der Waals surface area contributed by atoms with Gasteiger partial charge in [0.1, 0.15) is 17.7 Å². The van der Waals surface area contributed by atoms with Gasteiger partial charge in [-0.25, -0.2) is 4.79 Å². The van der Waals surface area contributed by atoms with Crippen molar-refractivity contribution in [2.24, 2.45) is 5.92 Å². The minimum Gasteiger partial charge on any atom is -0.444 e. The zero-order valence-corrected chi connectivity index (χ0v) is 21.9. The van der Waals surface area contributed by atoms with Crippen LogP contribution < -0.4 is 10.6 Å². The number of carbonyl (C=O) groups is 3. The first-order valence-corrected chi connectivity index (χ1v) is 12.6. The van der Waals surface area contributed by atoms with E-state index in [9.17, 15) is 14.4 Å². The third kappa shape index (κ3) is 7.54. The van der Waals surface area contributed by atoms with Crippen LogP contribution in [0.15, 0.2) is 54.7 Å². The summed E-state index contributed by atoms with van der Waals surface area (Å²) in [6.45, 7) is 9.51. The predicted molar refractivity (Wildman–Crippen MR) is 138 cm³/mol. The number of likely N-dealkylation sites (tertiary alicyclic amines) is 1. The number of amides is 3. The molecule has 8 nitrogen and oxygen atoms in total. The molecule has 1 aliphatic rings. The molecule has 2 aromatic rings. The van der Waals surface area contributed by atoms with Crippen molar-refractivity contribution in [1.29, 1.82) is 0 Å². The number of alkyl carbamates (subject to hydrolysis) is 1. The molecule has 0 saturated carbocycles. The lowest BCUT2D eigenvalue weighted by Crippen LogP contribution is -2.56. The minimum absolute atomic E-state index is 0.171. The van der Waals surface area contributed by atoms with Gasteiger partial charge in [-0.2, -0.15) is 0 Å². The zero-order valence-electron chi connectivity index (χ0n) is 21.9. The number of hydrogen-bond donors (Lipinski definition) is 2. The highest BCUT2D eigenvalue weighted by Crippen LogP contribution is 2.23. The quantitative estimate of drug-likeness (QED) is 0.577. The minimum atomic E-state index is -0.785. The Kier molecular flexibility index (Phi) is 9.07. The molecule has 1 saturated heterocycles. The molecule has 194 valence electrons. The first-order valence-electron chi connectivity index (χ1n) is 12.6. The van der Waals surface area contributed by atoms with Crippen molar-refractivity contribution in [3.05, 3.63) is 66.0 Å². The Morgan fingerprint density at radius 3 is 2.36 bits per heavy atom. The SMILES string of the molecule is CC(C)C(NC(=O)OC(C)(C)C)C(=O)N1CCCC1C(=O)NC(Cc1ccccn1)c1ccccc1. The molecule has 8 heteroatoms. The van der Waals surface area contributed by atoms with Crippen LogP contribution in [-0.2, 0) is 20.7 Å². The summed E-state index contributed by atoms with van der Waals surface area (Å²) in [6, 6.07) is 13.8. The summed E-state index contributed by atoms with van der Waals surface area (Å²) in [5.41, 5.74) is 1.16. The second-order valence-corrected chi connectivity index (χ2v) is 10.6. The van der Waals surface area contributed by atoms with Crippen LogP contribution in [0.3, 0.4) is 0 Å². The molecule has 0 aliphatic carbocycles. The van der Waals surface area contributed by atoms with E-state index in [1.807, 2.05) is 62.4 Å². The summed E-state index contributed by atoms with van der Waals surface area (Å²) in [7, 11) is 0. The topological polar surface area (TPSA) is 101 Å². The van der Waals surface area contributed by atoms with Crippen LogP contribution in [0.1, 0.15) is 64.8 Å². The van der Waals surface area contributed by atoms with Crippen LogP contribution in [0, 0.1) is 5.92 Å². The molecule has 3 atom stereocenters. The van der Waals surface area contributed by atoms with Gasteiger partial charge in [-0.05, 0) is 57.2 Å². The Bertz CT molecular complexity index is 1020. The van der Waals surface area contributed by atoms with Gasteiger partial charge in [0.2, 0.25) is 11.8 Å². The highest BCUT2D eigenvalue weighted by molar-refractivity contribution is 5.92. The van der Waals surface area contributed by atoms with Crippen molar-refractivity contribution in [1.82, 2.24) is 20.5 Å². The molecule has 0 bridgehead atoms. The first-order chi connectivity index (χ1) is 17.0. The number of carbonyl (C=O) groups excluding carboxylic acids is 3. The van der Waals surface area contributed by atoms with Crippen LogP contribution in [0.2, 0.25) is 0 Å². The molecule has 3 rings (SSSR count). The Labute approximate surface area is 213 Å². The van der Waals surface area contributed by atoms with E-state index >= 15 is 0 Å². The average Bonchev–Trinajstić information content (AvgIpc) is 3.32. The molecule has 1 aliphatic heterocycles. The van der Waals surface area contributed by atoms with Gasteiger partial charge in [0, 0.05) is 24.9 Å². The van der Waals surface area contributed by atoms with Gasteiger partial charge < -0.3 is 20.3 Å². The maximum atomic E-state index is 13.5. The van der Waals surface area contributed by atoms with E-state index in [1.54, 1.807) is 31.9 Å². The van der Waals surface area contributed by atoms with Crippen LogP contribution >= 0.6 is 0 Å². The molecule has 3 unspecified atom stereocenters. The van der Waals surface area contributed by atoms with Crippen molar-refractivity contribution in [3.8, 4) is 0 Å². The summed E-state index contributed by atoms with van der Waals surface area (Å²) in [5.74, 6) is -0.643. The van der Waals surface area contributed by atoms with E-state index < -0.39 is 23.8 Å². The van der Waals surface area contributed by atoms with E-state index in [1.165, 1.54) is 0 Å². The summed E-state index contributed by atoms with van der Waals surface area (Å²) < 4.78 is 5.36. The molecule has 1 aromatic carbocycles. The van der Waals surface area contributed by atoms with Crippen molar-refractivity contribution in [3.63, 3.8) is 0 Å². The van der Waals surface area contributed by atoms with Crippen LogP contribution in [0.25, 0.3) is 0 Å². The number of hydrogen-bond acceptors (Lipinski definition) is 5. The smallest absolute Gasteiger partial charge is 0.408 e. The van der Waals surface area contributed by atoms with Gasteiger partial charge in [-0.15, -0.1) is 0 Å². The van der Waals surface area contributed by atoms with Crippen molar-refractivity contribution >= 4 is 17.9 Å². The molecule has 0 spiro atoms. The fourth-order valence-electron chi connectivity index (χ4n) is 4.36. The first kappa shape index (κ1) is 27.2. The molecule has 1 fully saturated rings. The molecule has 3 amide bonds. The van der Waals surface area contributed by atoms with Gasteiger partial charge >= 0.3 is 6.09 Å². The fraction of sp³-hybridized carbons (Fsp3) is 0.500. The van der Waals surface area contributed by atoms with Crippen molar-refractivity contribution in [2.45, 2.75) is 77.6 Å².